The van der Waals surface area contributed by atoms with Crippen LogP contribution in [-0.4, -0.2) is 52.6 Å². The minimum atomic E-state index is -0.908. The first-order valence-electron chi connectivity index (χ1n) is 7.89. The molecule has 0 bridgehead atoms. The van der Waals surface area contributed by atoms with Crippen molar-refractivity contribution < 1.29 is 14.7 Å². The number of piperidine rings is 1. The van der Waals surface area contributed by atoms with Crippen LogP contribution in [0.5, 0.6) is 0 Å². The third kappa shape index (κ3) is 3.64. The highest BCUT2D eigenvalue weighted by molar-refractivity contribution is 5.80. The zero-order valence-corrected chi connectivity index (χ0v) is 12.4. The molecular formula is C15H26N2O3. The summed E-state index contributed by atoms with van der Waals surface area (Å²) in [5.74, 6) is -0.336. The highest BCUT2D eigenvalue weighted by Crippen LogP contribution is 2.26. The van der Waals surface area contributed by atoms with Crippen molar-refractivity contribution in [3.05, 3.63) is 0 Å². The van der Waals surface area contributed by atoms with Gasteiger partial charge in [0.1, 0.15) is 6.54 Å². The Morgan fingerprint density at radius 2 is 1.90 bits per heavy atom. The zero-order chi connectivity index (χ0) is 14.5. The van der Waals surface area contributed by atoms with Gasteiger partial charge >= 0.3 is 12.0 Å². The van der Waals surface area contributed by atoms with Crippen molar-refractivity contribution in [3.8, 4) is 0 Å². The maximum absolute atomic E-state index is 12.7. The number of carboxylic acid groups (broad SMARTS) is 1. The van der Waals surface area contributed by atoms with Crippen molar-refractivity contribution >= 4 is 12.0 Å². The van der Waals surface area contributed by atoms with E-state index in [0.717, 1.165) is 51.6 Å². The standard InChI is InChI=1S/C15H26N2O3/c1-2-12-6-5-9-16(10-12)15(20)17(11-14(18)19)13-7-3-4-8-13/h12-13H,2-11H2,1H3,(H,18,19). The number of likely N-dealkylation sites (tertiary alicyclic amines) is 1. The summed E-state index contributed by atoms with van der Waals surface area (Å²) in [5.41, 5.74) is 0. The van der Waals surface area contributed by atoms with Crippen LogP contribution < -0.4 is 0 Å². The molecule has 0 radical (unpaired) electrons. The second kappa shape index (κ2) is 6.95. The Labute approximate surface area is 120 Å². The SMILES string of the molecule is CCC1CCCN(C(=O)N(CC(=O)O)C2CCCC2)C1. The minimum Gasteiger partial charge on any atom is -0.480 e. The molecule has 2 rings (SSSR count). The van der Waals surface area contributed by atoms with Gasteiger partial charge in [0.05, 0.1) is 0 Å². The summed E-state index contributed by atoms with van der Waals surface area (Å²) >= 11 is 0. The average Bonchev–Trinajstić information content (AvgIpc) is 2.98. The van der Waals surface area contributed by atoms with Crippen molar-refractivity contribution in [3.63, 3.8) is 0 Å². The Morgan fingerprint density at radius 1 is 1.20 bits per heavy atom. The molecule has 1 unspecified atom stereocenters. The van der Waals surface area contributed by atoms with Gasteiger partial charge in [0.2, 0.25) is 0 Å². The lowest BCUT2D eigenvalue weighted by atomic mass is 9.96. The number of hydrogen-bond acceptors (Lipinski definition) is 2. The van der Waals surface area contributed by atoms with E-state index in [4.69, 9.17) is 5.11 Å². The molecule has 20 heavy (non-hydrogen) atoms. The van der Waals surface area contributed by atoms with Gasteiger partial charge in [-0.05, 0) is 31.6 Å². The van der Waals surface area contributed by atoms with Gasteiger partial charge in [0, 0.05) is 19.1 Å². The summed E-state index contributed by atoms with van der Waals surface area (Å²) in [6.45, 7) is 3.57. The molecule has 0 aromatic heterocycles. The Morgan fingerprint density at radius 3 is 2.50 bits per heavy atom. The molecule has 5 nitrogen and oxygen atoms in total. The van der Waals surface area contributed by atoms with E-state index in [1.54, 1.807) is 4.90 Å². The van der Waals surface area contributed by atoms with Crippen LogP contribution in [-0.2, 0) is 4.79 Å². The van der Waals surface area contributed by atoms with Gasteiger partial charge in [-0.15, -0.1) is 0 Å². The van der Waals surface area contributed by atoms with Gasteiger partial charge in [-0.25, -0.2) is 4.79 Å². The molecule has 1 saturated carbocycles. The molecule has 1 aliphatic carbocycles. The molecule has 2 amide bonds. The first-order valence-corrected chi connectivity index (χ1v) is 7.89. The van der Waals surface area contributed by atoms with E-state index in [9.17, 15) is 9.59 Å². The maximum Gasteiger partial charge on any atom is 0.323 e. The average molecular weight is 282 g/mol. The van der Waals surface area contributed by atoms with Crippen LogP contribution in [0.4, 0.5) is 4.79 Å². The molecule has 1 heterocycles. The zero-order valence-electron chi connectivity index (χ0n) is 12.4. The summed E-state index contributed by atoms with van der Waals surface area (Å²) in [4.78, 5) is 27.2. The Kier molecular flexibility index (Phi) is 5.26. The predicted molar refractivity (Wildman–Crippen MR) is 76.6 cm³/mol. The molecule has 114 valence electrons. The predicted octanol–water partition coefficient (Wildman–Crippen LogP) is 2.56. The summed E-state index contributed by atoms with van der Waals surface area (Å²) in [7, 11) is 0. The number of nitrogens with zero attached hydrogens (tertiary/aromatic N) is 2. The van der Waals surface area contributed by atoms with Crippen LogP contribution in [0.1, 0.15) is 51.9 Å². The molecule has 2 fully saturated rings. The summed E-state index contributed by atoms with van der Waals surface area (Å²) in [5, 5.41) is 9.08. The first kappa shape index (κ1) is 15.1. The second-order valence-corrected chi connectivity index (χ2v) is 6.11. The third-order valence-electron chi connectivity index (χ3n) is 4.68. The number of amides is 2. The summed E-state index contributed by atoms with van der Waals surface area (Å²) in [6.07, 6.45) is 7.41. The van der Waals surface area contributed by atoms with Crippen LogP contribution in [0.15, 0.2) is 0 Å². The number of carbonyl (C=O) groups excluding carboxylic acids is 1. The lowest BCUT2D eigenvalue weighted by Gasteiger charge is -2.38. The van der Waals surface area contributed by atoms with E-state index in [1.165, 1.54) is 6.42 Å². The topological polar surface area (TPSA) is 60.9 Å². The molecule has 2 aliphatic rings. The van der Waals surface area contributed by atoms with E-state index in [2.05, 4.69) is 6.92 Å². The molecule has 1 aliphatic heterocycles. The number of hydrogen-bond donors (Lipinski definition) is 1. The van der Waals surface area contributed by atoms with E-state index in [1.807, 2.05) is 4.90 Å². The Bertz CT molecular complexity index is 353. The molecule has 0 spiro atoms. The van der Waals surface area contributed by atoms with Crippen molar-refractivity contribution in [1.82, 2.24) is 9.80 Å². The third-order valence-corrected chi connectivity index (χ3v) is 4.68. The van der Waals surface area contributed by atoms with Crippen molar-refractivity contribution in [1.29, 1.82) is 0 Å². The summed E-state index contributed by atoms with van der Waals surface area (Å²) < 4.78 is 0. The van der Waals surface area contributed by atoms with Gasteiger partial charge in [-0.3, -0.25) is 4.79 Å². The quantitative estimate of drug-likeness (QED) is 0.862. The Hall–Kier alpha value is -1.26. The van der Waals surface area contributed by atoms with E-state index in [-0.39, 0.29) is 18.6 Å². The van der Waals surface area contributed by atoms with Gasteiger partial charge in [-0.2, -0.15) is 0 Å². The highest BCUT2D eigenvalue weighted by atomic mass is 16.4. The smallest absolute Gasteiger partial charge is 0.323 e. The molecular weight excluding hydrogens is 256 g/mol. The number of carboxylic acids is 1. The molecule has 1 N–H and O–H groups in total. The minimum absolute atomic E-state index is 0.0579. The molecule has 0 aromatic rings. The normalized spacial score (nSPS) is 23.9. The van der Waals surface area contributed by atoms with Crippen LogP contribution in [0.3, 0.4) is 0 Å². The van der Waals surface area contributed by atoms with E-state index >= 15 is 0 Å². The summed E-state index contributed by atoms with van der Waals surface area (Å²) in [6, 6.07) is 0.0676. The van der Waals surface area contributed by atoms with Gasteiger partial charge in [0.15, 0.2) is 0 Å². The van der Waals surface area contributed by atoms with Crippen molar-refractivity contribution in [2.75, 3.05) is 19.6 Å². The van der Waals surface area contributed by atoms with Crippen LogP contribution in [0.2, 0.25) is 0 Å². The molecule has 5 heteroatoms. The number of aliphatic carboxylic acids is 1. The monoisotopic (exact) mass is 282 g/mol. The molecule has 1 saturated heterocycles. The Balaban J connectivity index is 2.02. The lowest BCUT2D eigenvalue weighted by molar-refractivity contribution is -0.138. The van der Waals surface area contributed by atoms with Crippen LogP contribution in [0, 0.1) is 5.92 Å². The van der Waals surface area contributed by atoms with Gasteiger partial charge < -0.3 is 14.9 Å². The van der Waals surface area contributed by atoms with Crippen molar-refractivity contribution in [2.24, 2.45) is 5.92 Å². The number of carbonyl (C=O) groups is 2. The van der Waals surface area contributed by atoms with Crippen molar-refractivity contribution in [2.45, 2.75) is 57.9 Å². The largest absolute Gasteiger partial charge is 0.480 e. The fraction of sp³-hybridized carbons (Fsp3) is 0.867. The van der Waals surface area contributed by atoms with Gasteiger partial charge in [0.25, 0.3) is 0 Å². The van der Waals surface area contributed by atoms with Gasteiger partial charge in [-0.1, -0.05) is 26.2 Å². The number of rotatable bonds is 4. The van der Waals surface area contributed by atoms with Crippen LogP contribution >= 0.6 is 0 Å². The molecule has 0 aromatic carbocycles. The fourth-order valence-corrected chi connectivity index (χ4v) is 3.47. The van der Waals surface area contributed by atoms with E-state index in [0.29, 0.717) is 5.92 Å². The number of urea groups is 1. The van der Waals surface area contributed by atoms with E-state index < -0.39 is 5.97 Å². The molecule has 1 atom stereocenters. The second-order valence-electron chi connectivity index (χ2n) is 6.11. The van der Waals surface area contributed by atoms with Crippen LogP contribution in [0.25, 0.3) is 0 Å². The fourth-order valence-electron chi connectivity index (χ4n) is 3.47. The maximum atomic E-state index is 12.7. The lowest BCUT2D eigenvalue weighted by Crippen LogP contribution is -2.52. The first-order chi connectivity index (χ1) is 9.61. The highest BCUT2D eigenvalue weighted by Gasteiger charge is 2.33.